The van der Waals surface area contributed by atoms with Crippen molar-refractivity contribution in [2.24, 2.45) is 5.41 Å². The van der Waals surface area contributed by atoms with Crippen LogP contribution in [0, 0.1) is 5.41 Å². The second-order valence-electron chi connectivity index (χ2n) is 4.90. The lowest BCUT2D eigenvalue weighted by atomic mass is 9.89. The van der Waals surface area contributed by atoms with Gasteiger partial charge in [0.15, 0.2) is 0 Å². The zero-order valence-electron chi connectivity index (χ0n) is 9.25. The van der Waals surface area contributed by atoms with E-state index in [9.17, 15) is 0 Å². The van der Waals surface area contributed by atoms with Crippen LogP contribution in [0.5, 0.6) is 0 Å². The van der Waals surface area contributed by atoms with Gasteiger partial charge in [-0.25, -0.2) is 0 Å². The molecular formula is C10H22N2S. The highest BCUT2D eigenvalue weighted by atomic mass is 32.1. The molecule has 0 aliphatic carbocycles. The summed E-state index contributed by atoms with van der Waals surface area (Å²) in [6, 6.07) is 0. The average molecular weight is 202 g/mol. The maximum absolute atomic E-state index is 4.47. The van der Waals surface area contributed by atoms with Crippen LogP contribution in [-0.4, -0.2) is 48.9 Å². The second-order valence-corrected chi connectivity index (χ2v) is 5.65. The Balaban J connectivity index is 2.46. The molecule has 0 aromatic rings. The number of hydrogen-bond acceptors (Lipinski definition) is 3. The molecule has 0 bridgehead atoms. The lowest BCUT2D eigenvalue weighted by Crippen LogP contribution is -2.35. The molecule has 1 fully saturated rings. The fraction of sp³-hybridized carbons (Fsp3) is 1.00. The van der Waals surface area contributed by atoms with Gasteiger partial charge < -0.3 is 4.90 Å². The SMILES string of the molecule is CC(S)N1CCC(C)(CN(C)C)C1. The Morgan fingerprint density at radius 1 is 1.54 bits per heavy atom. The van der Waals surface area contributed by atoms with Crippen molar-refractivity contribution in [1.29, 1.82) is 0 Å². The van der Waals surface area contributed by atoms with Gasteiger partial charge in [0.2, 0.25) is 0 Å². The van der Waals surface area contributed by atoms with Crippen LogP contribution in [0.2, 0.25) is 0 Å². The molecule has 1 saturated heterocycles. The second kappa shape index (κ2) is 4.20. The van der Waals surface area contributed by atoms with E-state index in [1.54, 1.807) is 0 Å². The van der Waals surface area contributed by atoms with Crippen LogP contribution in [0.4, 0.5) is 0 Å². The van der Waals surface area contributed by atoms with E-state index in [0.717, 1.165) is 0 Å². The van der Waals surface area contributed by atoms with Crippen molar-refractivity contribution in [3.05, 3.63) is 0 Å². The zero-order chi connectivity index (χ0) is 10.1. The maximum atomic E-state index is 4.47. The molecule has 3 heteroatoms. The number of thiol groups is 1. The van der Waals surface area contributed by atoms with Gasteiger partial charge in [0, 0.05) is 18.5 Å². The van der Waals surface area contributed by atoms with Crippen LogP contribution < -0.4 is 0 Å². The first kappa shape index (κ1) is 11.3. The van der Waals surface area contributed by atoms with E-state index in [4.69, 9.17) is 0 Å². The van der Waals surface area contributed by atoms with E-state index < -0.39 is 0 Å². The van der Waals surface area contributed by atoms with Crippen LogP contribution in [0.1, 0.15) is 20.3 Å². The molecule has 2 nitrogen and oxygen atoms in total. The summed E-state index contributed by atoms with van der Waals surface area (Å²) in [7, 11) is 4.30. The molecule has 1 heterocycles. The van der Waals surface area contributed by atoms with Gasteiger partial charge in [-0.1, -0.05) is 6.92 Å². The first-order valence-corrected chi connectivity index (χ1v) is 5.51. The van der Waals surface area contributed by atoms with Crippen molar-refractivity contribution in [2.45, 2.75) is 25.6 Å². The maximum Gasteiger partial charge on any atom is 0.0499 e. The molecule has 1 aliphatic heterocycles. The van der Waals surface area contributed by atoms with E-state index in [0.29, 0.717) is 10.8 Å². The Morgan fingerprint density at radius 2 is 2.15 bits per heavy atom. The van der Waals surface area contributed by atoms with Crippen molar-refractivity contribution in [1.82, 2.24) is 9.80 Å². The first-order chi connectivity index (χ1) is 5.93. The predicted molar refractivity (Wildman–Crippen MR) is 61.3 cm³/mol. The van der Waals surface area contributed by atoms with Crippen molar-refractivity contribution in [2.75, 3.05) is 33.7 Å². The van der Waals surface area contributed by atoms with Crippen molar-refractivity contribution in [3.63, 3.8) is 0 Å². The van der Waals surface area contributed by atoms with Gasteiger partial charge in [0.25, 0.3) is 0 Å². The Labute approximate surface area is 87.7 Å². The summed E-state index contributed by atoms with van der Waals surface area (Å²) in [6.07, 6.45) is 1.30. The highest BCUT2D eigenvalue weighted by Gasteiger charge is 2.35. The zero-order valence-corrected chi connectivity index (χ0v) is 10.1. The van der Waals surface area contributed by atoms with E-state index in [1.807, 2.05) is 0 Å². The van der Waals surface area contributed by atoms with E-state index in [2.05, 4.69) is 50.4 Å². The van der Waals surface area contributed by atoms with Gasteiger partial charge in [-0.05, 0) is 39.4 Å². The quantitative estimate of drug-likeness (QED) is 0.694. The molecule has 78 valence electrons. The standard InChI is InChI=1S/C10H22N2S/c1-9(13)12-6-5-10(2,8-12)7-11(3)4/h9,13H,5-8H2,1-4H3. The molecule has 0 spiro atoms. The molecule has 2 atom stereocenters. The lowest BCUT2D eigenvalue weighted by Gasteiger charge is -2.29. The summed E-state index contributed by atoms with van der Waals surface area (Å²) < 4.78 is 0. The average Bonchev–Trinajstić information content (AvgIpc) is 2.29. The third kappa shape index (κ3) is 3.15. The van der Waals surface area contributed by atoms with Crippen LogP contribution in [-0.2, 0) is 0 Å². The summed E-state index contributed by atoms with van der Waals surface area (Å²) in [5.41, 5.74) is 0.473. The molecule has 2 unspecified atom stereocenters. The van der Waals surface area contributed by atoms with Crippen LogP contribution >= 0.6 is 12.6 Å². The molecule has 0 amide bonds. The molecule has 13 heavy (non-hydrogen) atoms. The van der Waals surface area contributed by atoms with Gasteiger partial charge in [0.1, 0.15) is 0 Å². The summed E-state index contributed by atoms with van der Waals surface area (Å²) in [5, 5.41) is 0.406. The van der Waals surface area contributed by atoms with Crippen molar-refractivity contribution >= 4 is 12.6 Å². The summed E-state index contributed by atoms with van der Waals surface area (Å²) >= 11 is 4.47. The van der Waals surface area contributed by atoms with Crippen molar-refractivity contribution < 1.29 is 0 Å². The fourth-order valence-electron chi connectivity index (χ4n) is 2.27. The monoisotopic (exact) mass is 202 g/mol. The molecule has 0 saturated carbocycles. The Bertz CT molecular complexity index is 170. The highest BCUT2D eigenvalue weighted by Crippen LogP contribution is 2.31. The van der Waals surface area contributed by atoms with E-state index in [1.165, 1.54) is 26.1 Å². The smallest absolute Gasteiger partial charge is 0.0499 e. The van der Waals surface area contributed by atoms with Crippen LogP contribution in [0.15, 0.2) is 0 Å². The number of hydrogen-bond donors (Lipinski definition) is 1. The molecule has 0 aromatic carbocycles. The largest absolute Gasteiger partial charge is 0.309 e. The number of rotatable bonds is 3. The van der Waals surface area contributed by atoms with Gasteiger partial charge in [-0.2, -0.15) is 12.6 Å². The van der Waals surface area contributed by atoms with Gasteiger partial charge in [0.05, 0.1) is 0 Å². The minimum Gasteiger partial charge on any atom is -0.309 e. The Hall–Kier alpha value is 0.270. The molecule has 0 N–H and O–H groups in total. The van der Waals surface area contributed by atoms with Crippen LogP contribution in [0.3, 0.4) is 0 Å². The molecular weight excluding hydrogens is 180 g/mol. The molecule has 1 rings (SSSR count). The molecule has 0 aromatic heterocycles. The molecule has 0 radical (unpaired) electrons. The van der Waals surface area contributed by atoms with E-state index in [-0.39, 0.29) is 0 Å². The van der Waals surface area contributed by atoms with Gasteiger partial charge in [-0.3, -0.25) is 4.90 Å². The fourth-order valence-corrected chi connectivity index (χ4v) is 2.47. The van der Waals surface area contributed by atoms with Gasteiger partial charge >= 0.3 is 0 Å². The number of likely N-dealkylation sites (tertiary alicyclic amines) is 1. The molecule has 1 aliphatic rings. The summed E-state index contributed by atoms with van der Waals surface area (Å²) in [5.74, 6) is 0. The minimum atomic E-state index is 0.406. The third-order valence-electron chi connectivity index (χ3n) is 2.81. The topological polar surface area (TPSA) is 6.48 Å². The normalized spacial score (nSPS) is 32.8. The van der Waals surface area contributed by atoms with Crippen LogP contribution in [0.25, 0.3) is 0 Å². The third-order valence-corrected chi connectivity index (χ3v) is 3.14. The summed E-state index contributed by atoms with van der Waals surface area (Å²) in [4.78, 5) is 4.74. The number of nitrogens with zero attached hydrogens (tertiary/aromatic N) is 2. The minimum absolute atomic E-state index is 0.406. The highest BCUT2D eigenvalue weighted by molar-refractivity contribution is 7.80. The lowest BCUT2D eigenvalue weighted by molar-refractivity contribution is 0.209. The summed E-state index contributed by atoms with van der Waals surface area (Å²) in [6.45, 7) is 8.11. The van der Waals surface area contributed by atoms with E-state index >= 15 is 0 Å². The first-order valence-electron chi connectivity index (χ1n) is 5.00. The Kier molecular flexibility index (Phi) is 3.66. The Morgan fingerprint density at radius 3 is 2.54 bits per heavy atom. The van der Waals surface area contributed by atoms with Crippen molar-refractivity contribution in [3.8, 4) is 0 Å². The predicted octanol–water partition coefficient (Wildman–Crippen LogP) is 1.54. The van der Waals surface area contributed by atoms with Gasteiger partial charge in [-0.15, -0.1) is 0 Å².